The largest absolute Gasteiger partial charge is 0.368 e. The van der Waals surface area contributed by atoms with E-state index in [2.05, 4.69) is 9.97 Å². The number of nitrogens with one attached hydrogen (secondary N) is 1. The number of amides is 2. The Morgan fingerprint density at radius 1 is 1.28 bits per heavy atom. The van der Waals surface area contributed by atoms with Crippen molar-refractivity contribution in [2.24, 2.45) is 5.73 Å². The first kappa shape index (κ1) is 17.2. The lowest BCUT2D eigenvalue weighted by Crippen LogP contribution is -2.49. The number of hydrogen-bond acceptors (Lipinski definition) is 4. The molecule has 2 atom stereocenters. The fourth-order valence-electron chi connectivity index (χ4n) is 3.39. The molecule has 1 saturated heterocycles. The number of nitrogens with zero attached hydrogens (tertiary/aromatic N) is 3. The maximum Gasteiger partial charge on any atom is 0.240 e. The van der Waals surface area contributed by atoms with Crippen LogP contribution in [0.2, 0.25) is 0 Å². The molecule has 0 unspecified atom stereocenters. The highest BCUT2D eigenvalue weighted by atomic mass is 16.2. The van der Waals surface area contributed by atoms with Crippen LogP contribution in [0.3, 0.4) is 0 Å². The number of aromatic amines is 1. The first-order chi connectivity index (χ1) is 12.1. The van der Waals surface area contributed by atoms with Crippen molar-refractivity contribution in [3.63, 3.8) is 0 Å². The number of likely N-dealkylation sites (N-methyl/N-ethyl adjacent to an activating group) is 1. The van der Waals surface area contributed by atoms with Gasteiger partial charge in [0, 0.05) is 26.0 Å². The van der Waals surface area contributed by atoms with E-state index in [1.165, 1.54) is 0 Å². The van der Waals surface area contributed by atoms with Gasteiger partial charge in [-0.25, -0.2) is 4.98 Å². The van der Waals surface area contributed by atoms with Crippen molar-refractivity contribution in [3.8, 4) is 0 Å². The molecule has 0 bridgehead atoms. The molecule has 132 valence electrons. The number of carbonyl (C=O) groups excluding carboxylic acids is 2. The molecule has 1 aromatic carbocycles. The quantitative estimate of drug-likeness (QED) is 0.815. The Hall–Kier alpha value is -2.67. The molecular weight excluding hydrogens is 318 g/mol. The number of carbonyl (C=O) groups is 2. The van der Waals surface area contributed by atoms with Crippen LogP contribution in [0.1, 0.15) is 24.2 Å². The van der Waals surface area contributed by atoms with Gasteiger partial charge in [-0.1, -0.05) is 30.3 Å². The maximum absolute atomic E-state index is 12.9. The highest BCUT2D eigenvalue weighted by Gasteiger charge is 2.41. The summed E-state index contributed by atoms with van der Waals surface area (Å²) in [5.41, 5.74) is 6.63. The van der Waals surface area contributed by atoms with E-state index in [4.69, 9.17) is 5.73 Å². The third kappa shape index (κ3) is 3.88. The standard InChI is InChI=1S/C18H23N5O2/c1-22(12-16-20-9-10-21-16)18(25)15-8-7-14(17(19)24)23(15)11-13-5-3-2-4-6-13/h2-6,9-10,14-15H,7-8,11-12H2,1H3,(H2,19,24)(H,20,21)/t14-,15+/m0/s1. The van der Waals surface area contributed by atoms with E-state index in [0.717, 1.165) is 11.4 Å². The van der Waals surface area contributed by atoms with Gasteiger partial charge in [-0.15, -0.1) is 0 Å². The zero-order valence-electron chi connectivity index (χ0n) is 14.3. The molecular formula is C18H23N5O2. The summed E-state index contributed by atoms with van der Waals surface area (Å²) in [5.74, 6) is 0.339. The zero-order valence-corrected chi connectivity index (χ0v) is 14.3. The Morgan fingerprint density at radius 2 is 2.00 bits per heavy atom. The average Bonchev–Trinajstić information content (AvgIpc) is 3.25. The van der Waals surface area contributed by atoms with Gasteiger partial charge in [-0.05, 0) is 18.4 Å². The second-order valence-corrected chi connectivity index (χ2v) is 6.40. The lowest BCUT2D eigenvalue weighted by Gasteiger charge is -2.30. The van der Waals surface area contributed by atoms with Crippen LogP contribution in [0.5, 0.6) is 0 Å². The summed E-state index contributed by atoms with van der Waals surface area (Å²) in [6.45, 7) is 0.933. The second-order valence-electron chi connectivity index (χ2n) is 6.40. The van der Waals surface area contributed by atoms with Gasteiger partial charge in [0.15, 0.2) is 0 Å². The van der Waals surface area contributed by atoms with Crippen molar-refractivity contribution in [2.75, 3.05) is 7.05 Å². The molecule has 1 aliphatic rings. The summed E-state index contributed by atoms with van der Waals surface area (Å²) in [6, 6.07) is 9.06. The van der Waals surface area contributed by atoms with Gasteiger partial charge in [0.25, 0.3) is 0 Å². The zero-order chi connectivity index (χ0) is 17.8. The molecule has 2 aromatic rings. The van der Waals surface area contributed by atoms with Gasteiger partial charge in [0.05, 0.1) is 18.6 Å². The molecule has 7 heteroatoms. The summed E-state index contributed by atoms with van der Waals surface area (Å²) in [5, 5.41) is 0. The fourth-order valence-corrected chi connectivity index (χ4v) is 3.39. The molecule has 0 aliphatic carbocycles. The molecule has 1 fully saturated rings. The van der Waals surface area contributed by atoms with Crippen molar-refractivity contribution >= 4 is 11.8 Å². The molecule has 25 heavy (non-hydrogen) atoms. The number of H-pyrrole nitrogens is 1. The van der Waals surface area contributed by atoms with Crippen LogP contribution in [0, 0.1) is 0 Å². The van der Waals surface area contributed by atoms with Gasteiger partial charge in [0.2, 0.25) is 11.8 Å². The Balaban J connectivity index is 1.75. The molecule has 7 nitrogen and oxygen atoms in total. The number of primary amides is 1. The molecule has 2 heterocycles. The molecule has 3 N–H and O–H groups in total. The predicted octanol–water partition coefficient (Wildman–Crippen LogP) is 0.887. The first-order valence-electron chi connectivity index (χ1n) is 8.38. The molecule has 0 spiro atoms. The highest BCUT2D eigenvalue weighted by molar-refractivity contribution is 5.86. The monoisotopic (exact) mass is 341 g/mol. The highest BCUT2D eigenvalue weighted by Crippen LogP contribution is 2.27. The minimum Gasteiger partial charge on any atom is -0.368 e. The van der Waals surface area contributed by atoms with Gasteiger partial charge in [-0.3, -0.25) is 14.5 Å². The van der Waals surface area contributed by atoms with Gasteiger partial charge in [-0.2, -0.15) is 0 Å². The summed E-state index contributed by atoms with van der Waals surface area (Å²) in [4.78, 5) is 35.5. The summed E-state index contributed by atoms with van der Waals surface area (Å²) in [6.07, 6.45) is 4.62. The Bertz CT molecular complexity index is 716. The van der Waals surface area contributed by atoms with Crippen LogP contribution < -0.4 is 5.73 Å². The maximum atomic E-state index is 12.9. The minimum absolute atomic E-state index is 0.0175. The van der Waals surface area contributed by atoms with Crippen molar-refractivity contribution in [1.29, 1.82) is 0 Å². The lowest BCUT2D eigenvalue weighted by molar-refractivity contribution is -0.136. The number of rotatable bonds is 6. The van der Waals surface area contributed by atoms with Gasteiger partial charge < -0.3 is 15.6 Å². The number of hydrogen-bond donors (Lipinski definition) is 2. The fraction of sp³-hybridized carbons (Fsp3) is 0.389. The third-order valence-corrected chi connectivity index (χ3v) is 4.65. The summed E-state index contributed by atoms with van der Waals surface area (Å²) in [7, 11) is 1.75. The van der Waals surface area contributed by atoms with Gasteiger partial charge >= 0.3 is 0 Å². The van der Waals surface area contributed by atoms with E-state index >= 15 is 0 Å². The SMILES string of the molecule is CN(Cc1ncc[nH]1)C(=O)[C@H]1CC[C@@H](C(N)=O)N1Cc1ccccc1. The van der Waals surface area contributed by atoms with Crippen LogP contribution in [0.15, 0.2) is 42.7 Å². The van der Waals surface area contributed by atoms with E-state index in [-0.39, 0.29) is 17.9 Å². The molecule has 3 rings (SSSR count). The topological polar surface area (TPSA) is 95.3 Å². The molecule has 1 aromatic heterocycles. The second kappa shape index (κ2) is 7.48. The Kier molecular flexibility index (Phi) is 5.14. The number of likely N-dealkylation sites (tertiary alicyclic amines) is 1. The van der Waals surface area contributed by atoms with E-state index in [9.17, 15) is 9.59 Å². The van der Waals surface area contributed by atoms with Crippen LogP contribution >= 0.6 is 0 Å². The third-order valence-electron chi connectivity index (χ3n) is 4.65. The summed E-state index contributed by atoms with van der Waals surface area (Å²) >= 11 is 0. The molecule has 1 aliphatic heterocycles. The van der Waals surface area contributed by atoms with Crippen LogP contribution in [0.25, 0.3) is 0 Å². The van der Waals surface area contributed by atoms with E-state index in [0.29, 0.717) is 25.9 Å². The average molecular weight is 341 g/mol. The minimum atomic E-state index is -0.411. The van der Waals surface area contributed by atoms with E-state index in [1.54, 1.807) is 24.3 Å². The molecule has 0 saturated carbocycles. The molecule has 2 amide bonds. The van der Waals surface area contributed by atoms with Crippen molar-refractivity contribution in [1.82, 2.24) is 19.8 Å². The van der Waals surface area contributed by atoms with E-state index < -0.39 is 6.04 Å². The van der Waals surface area contributed by atoms with Crippen LogP contribution in [-0.4, -0.2) is 50.7 Å². The predicted molar refractivity (Wildman–Crippen MR) is 93.1 cm³/mol. The van der Waals surface area contributed by atoms with Crippen LogP contribution in [0.4, 0.5) is 0 Å². The smallest absolute Gasteiger partial charge is 0.240 e. The lowest BCUT2D eigenvalue weighted by atomic mass is 10.1. The first-order valence-corrected chi connectivity index (χ1v) is 8.38. The number of nitrogens with two attached hydrogens (primary N) is 1. The van der Waals surface area contributed by atoms with Crippen molar-refractivity contribution < 1.29 is 9.59 Å². The van der Waals surface area contributed by atoms with Crippen LogP contribution in [-0.2, 0) is 22.7 Å². The van der Waals surface area contributed by atoms with Crippen molar-refractivity contribution in [2.45, 2.75) is 38.0 Å². The Labute approximate surface area is 146 Å². The number of imidazole rings is 1. The Morgan fingerprint density at radius 3 is 2.64 bits per heavy atom. The van der Waals surface area contributed by atoms with Gasteiger partial charge in [0.1, 0.15) is 5.82 Å². The normalized spacial score (nSPS) is 20.5. The number of aromatic nitrogens is 2. The molecule has 0 radical (unpaired) electrons. The summed E-state index contributed by atoms with van der Waals surface area (Å²) < 4.78 is 0. The van der Waals surface area contributed by atoms with E-state index in [1.807, 2.05) is 35.2 Å². The number of benzene rings is 1. The van der Waals surface area contributed by atoms with Crippen molar-refractivity contribution in [3.05, 3.63) is 54.1 Å².